The van der Waals surface area contributed by atoms with Gasteiger partial charge in [-0.15, -0.1) is 0 Å². The van der Waals surface area contributed by atoms with Gasteiger partial charge in [-0.1, -0.05) is 27.7 Å². The minimum atomic E-state index is -3.95. The van der Waals surface area contributed by atoms with E-state index in [0.717, 1.165) is 0 Å². The minimum absolute atomic E-state index is 0.0352. The lowest BCUT2D eigenvalue weighted by Gasteiger charge is -2.24. The van der Waals surface area contributed by atoms with E-state index >= 15 is 0 Å². The van der Waals surface area contributed by atoms with E-state index in [1.54, 1.807) is 0 Å². The average Bonchev–Trinajstić information content (AvgIpc) is 2.55. The summed E-state index contributed by atoms with van der Waals surface area (Å²) < 4.78 is 40.8. The molecule has 1 aliphatic heterocycles. The highest BCUT2D eigenvalue weighted by atomic mass is 32.2. The molecular formula is C18H26FN3O4S. The molecule has 0 saturated carbocycles. The van der Waals surface area contributed by atoms with Crippen LogP contribution in [-0.2, 0) is 14.8 Å². The van der Waals surface area contributed by atoms with Crippen molar-refractivity contribution in [2.75, 3.05) is 11.9 Å². The van der Waals surface area contributed by atoms with Gasteiger partial charge in [0.2, 0.25) is 15.9 Å². The van der Waals surface area contributed by atoms with E-state index in [4.69, 9.17) is 0 Å². The fourth-order valence-corrected chi connectivity index (χ4v) is 4.24. The summed E-state index contributed by atoms with van der Waals surface area (Å²) in [7, 11) is -3.95. The van der Waals surface area contributed by atoms with Crippen LogP contribution in [0.1, 0.15) is 63.5 Å². The molecule has 0 radical (unpaired) electrons. The smallest absolute Gasteiger partial charge is 0.332 e. The highest BCUT2D eigenvalue weighted by Crippen LogP contribution is 2.33. The van der Waals surface area contributed by atoms with Crippen LogP contribution < -0.4 is 15.4 Å². The van der Waals surface area contributed by atoms with Gasteiger partial charge in [-0.3, -0.25) is 4.79 Å². The van der Waals surface area contributed by atoms with Crippen molar-refractivity contribution in [3.63, 3.8) is 0 Å². The monoisotopic (exact) mass is 399 g/mol. The van der Waals surface area contributed by atoms with Crippen molar-refractivity contribution < 1.29 is 22.4 Å². The highest BCUT2D eigenvalue weighted by molar-refractivity contribution is 7.90. The third-order valence-electron chi connectivity index (χ3n) is 4.54. The molecule has 1 fully saturated rings. The molecule has 3 N–H and O–H groups in total. The van der Waals surface area contributed by atoms with Crippen molar-refractivity contribution in [2.45, 2.75) is 57.6 Å². The average molecular weight is 399 g/mol. The maximum Gasteiger partial charge on any atom is 0.332 e. The molecule has 0 bridgehead atoms. The molecule has 150 valence electrons. The molecule has 1 heterocycles. The van der Waals surface area contributed by atoms with Gasteiger partial charge in [0.15, 0.2) is 0 Å². The molecule has 7 nitrogen and oxygen atoms in total. The SMILES string of the molecule is CC(C)c1cc(F)cc(C(C)C)c1NC(=O)NS(=O)(=O)C1CCC(=O)NC1. The molecular weight excluding hydrogens is 373 g/mol. The third kappa shape index (κ3) is 5.18. The van der Waals surface area contributed by atoms with Crippen molar-refractivity contribution in [3.8, 4) is 0 Å². The van der Waals surface area contributed by atoms with Gasteiger partial charge in [0.05, 0.1) is 5.25 Å². The van der Waals surface area contributed by atoms with Crippen LogP contribution in [0.15, 0.2) is 12.1 Å². The topological polar surface area (TPSA) is 104 Å². The molecule has 1 aliphatic rings. The fourth-order valence-electron chi connectivity index (χ4n) is 3.03. The van der Waals surface area contributed by atoms with Crippen LogP contribution >= 0.6 is 0 Å². The molecule has 0 aromatic heterocycles. The first-order chi connectivity index (χ1) is 12.5. The van der Waals surface area contributed by atoms with E-state index in [2.05, 4.69) is 10.6 Å². The minimum Gasteiger partial charge on any atom is -0.355 e. The van der Waals surface area contributed by atoms with Crippen molar-refractivity contribution in [2.24, 2.45) is 0 Å². The lowest BCUT2D eigenvalue weighted by atomic mass is 9.92. The number of carbonyl (C=O) groups excluding carboxylic acids is 2. The van der Waals surface area contributed by atoms with E-state index < -0.39 is 27.1 Å². The van der Waals surface area contributed by atoms with Crippen molar-refractivity contribution >= 4 is 27.6 Å². The van der Waals surface area contributed by atoms with Gasteiger partial charge in [0.1, 0.15) is 5.82 Å². The molecule has 1 atom stereocenters. The quantitative estimate of drug-likeness (QED) is 0.708. The van der Waals surface area contributed by atoms with E-state index in [9.17, 15) is 22.4 Å². The largest absolute Gasteiger partial charge is 0.355 e. The number of piperidine rings is 1. The summed E-state index contributed by atoms with van der Waals surface area (Å²) in [5.41, 5.74) is 1.61. The number of anilines is 1. The van der Waals surface area contributed by atoms with Crippen LogP contribution in [0.5, 0.6) is 0 Å². The molecule has 1 aromatic rings. The zero-order valence-electron chi connectivity index (χ0n) is 15.9. The van der Waals surface area contributed by atoms with E-state index in [1.165, 1.54) is 12.1 Å². The van der Waals surface area contributed by atoms with E-state index in [0.29, 0.717) is 16.8 Å². The Hall–Kier alpha value is -2.16. The third-order valence-corrected chi connectivity index (χ3v) is 6.29. The number of carbonyl (C=O) groups is 2. The summed E-state index contributed by atoms with van der Waals surface area (Å²) in [5.74, 6) is -0.753. The Morgan fingerprint density at radius 1 is 1.19 bits per heavy atom. The Morgan fingerprint density at radius 2 is 1.74 bits per heavy atom. The number of benzene rings is 1. The Morgan fingerprint density at radius 3 is 2.19 bits per heavy atom. The number of nitrogens with one attached hydrogen (secondary N) is 3. The number of sulfonamides is 1. The maximum absolute atomic E-state index is 14.0. The molecule has 27 heavy (non-hydrogen) atoms. The van der Waals surface area contributed by atoms with Crippen LogP contribution in [0.3, 0.4) is 0 Å². The normalized spacial score (nSPS) is 17.7. The van der Waals surface area contributed by atoms with Gasteiger partial charge in [0, 0.05) is 18.7 Å². The van der Waals surface area contributed by atoms with Crippen LogP contribution in [0.4, 0.5) is 14.9 Å². The Balaban J connectivity index is 2.23. The second-order valence-corrected chi connectivity index (χ2v) is 9.30. The predicted molar refractivity (Wildman–Crippen MR) is 102 cm³/mol. The molecule has 0 spiro atoms. The second kappa shape index (κ2) is 8.24. The molecule has 2 rings (SSSR count). The highest BCUT2D eigenvalue weighted by Gasteiger charge is 2.31. The summed E-state index contributed by atoms with van der Waals surface area (Å²) in [6.07, 6.45) is 0.250. The number of hydrogen-bond donors (Lipinski definition) is 3. The first kappa shape index (κ1) is 21.1. The van der Waals surface area contributed by atoms with Gasteiger partial charge in [0.25, 0.3) is 0 Å². The molecule has 1 aromatic carbocycles. The Labute approximate surface area is 159 Å². The maximum atomic E-state index is 14.0. The molecule has 0 aliphatic carbocycles. The first-order valence-corrected chi connectivity index (χ1v) is 10.5. The van der Waals surface area contributed by atoms with Gasteiger partial charge in [-0.2, -0.15) is 0 Å². The molecule has 3 amide bonds. The van der Waals surface area contributed by atoms with Gasteiger partial charge < -0.3 is 10.6 Å². The number of hydrogen-bond acceptors (Lipinski definition) is 4. The summed E-state index contributed by atoms with van der Waals surface area (Å²) in [6.45, 7) is 7.42. The van der Waals surface area contributed by atoms with Crippen LogP contribution in [0.25, 0.3) is 0 Å². The Bertz CT molecular complexity index is 798. The van der Waals surface area contributed by atoms with E-state index in [-0.39, 0.29) is 37.1 Å². The van der Waals surface area contributed by atoms with Gasteiger partial charge in [-0.25, -0.2) is 22.3 Å². The molecule has 1 unspecified atom stereocenters. The fraction of sp³-hybridized carbons (Fsp3) is 0.556. The summed E-state index contributed by atoms with van der Waals surface area (Å²) in [6, 6.07) is 1.79. The summed E-state index contributed by atoms with van der Waals surface area (Å²) in [5, 5.41) is 4.20. The van der Waals surface area contributed by atoms with Gasteiger partial charge >= 0.3 is 6.03 Å². The van der Waals surface area contributed by atoms with Gasteiger partial charge in [-0.05, 0) is 41.5 Å². The number of amides is 3. The number of rotatable bonds is 5. The molecule has 9 heteroatoms. The van der Waals surface area contributed by atoms with Crippen molar-refractivity contribution in [1.82, 2.24) is 10.0 Å². The lowest BCUT2D eigenvalue weighted by molar-refractivity contribution is -0.122. The second-order valence-electron chi connectivity index (χ2n) is 7.33. The van der Waals surface area contributed by atoms with Crippen LogP contribution in [0.2, 0.25) is 0 Å². The van der Waals surface area contributed by atoms with Crippen LogP contribution in [0, 0.1) is 5.82 Å². The van der Waals surface area contributed by atoms with Crippen LogP contribution in [-0.4, -0.2) is 32.2 Å². The van der Waals surface area contributed by atoms with Crippen molar-refractivity contribution in [1.29, 1.82) is 0 Å². The lowest BCUT2D eigenvalue weighted by Crippen LogP contribution is -2.48. The van der Waals surface area contributed by atoms with Crippen molar-refractivity contribution in [3.05, 3.63) is 29.1 Å². The first-order valence-electron chi connectivity index (χ1n) is 8.94. The number of halogens is 1. The Kier molecular flexibility index (Phi) is 6.46. The zero-order chi connectivity index (χ0) is 20.4. The molecule has 1 saturated heterocycles. The summed E-state index contributed by atoms with van der Waals surface area (Å²) in [4.78, 5) is 23.6. The van der Waals surface area contributed by atoms with E-state index in [1.807, 2.05) is 32.4 Å². The number of urea groups is 1. The zero-order valence-corrected chi connectivity index (χ0v) is 16.7. The standard InChI is InChI=1S/C18H26FN3O4S/c1-10(2)14-7-12(19)8-15(11(3)4)17(14)21-18(24)22-27(25,26)13-5-6-16(23)20-9-13/h7-8,10-11,13H,5-6,9H2,1-4H3,(H,20,23)(H2,21,22,24). The predicted octanol–water partition coefficient (Wildman–Crippen LogP) is 2.80. The summed E-state index contributed by atoms with van der Waals surface area (Å²) >= 11 is 0.